The van der Waals surface area contributed by atoms with Crippen molar-refractivity contribution in [2.75, 3.05) is 18.0 Å². The fourth-order valence-corrected chi connectivity index (χ4v) is 5.77. The lowest BCUT2D eigenvalue weighted by atomic mass is 10.1. The van der Waals surface area contributed by atoms with E-state index in [2.05, 4.69) is 11.5 Å². The molecular weight excluding hydrogens is 362 g/mol. The van der Waals surface area contributed by atoms with E-state index >= 15 is 0 Å². The second kappa shape index (κ2) is 7.13. The molecule has 6 nitrogen and oxygen atoms in total. The van der Waals surface area contributed by atoms with Gasteiger partial charge in [0.05, 0.1) is 10.9 Å². The van der Waals surface area contributed by atoms with Crippen molar-refractivity contribution in [2.45, 2.75) is 50.1 Å². The summed E-state index contributed by atoms with van der Waals surface area (Å²) in [5.41, 5.74) is 1.83. The first-order chi connectivity index (χ1) is 13.0. The van der Waals surface area contributed by atoms with Gasteiger partial charge in [-0.2, -0.15) is 4.31 Å². The van der Waals surface area contributed by atoms with Gasteiger partial charge in [0.2, 0.25) is 15.9 Å². The summed E-state index contributed by atoms with van der Waals surface area (Å²) in [4.78, 5) is 13.9. The van der Waals surface area contributed by atoms with E-state index in [0.29, 0.717) is 31.0 Å². The number of hydrogen-bond acceptors (Lipinski definition) is 3. The summed E-state index contributed by atoms with van der Waals surface area (Å²) in [6, 6.07) is 10.6. The van der Waals surface area contributed by atoms with E-state index in [-0.39, 0.29) is 11.9 Å². The maximum Gasteiger partial charge on any atom is 0.243 e. The van der Waals surface area contributed by atoms with Gasteiger partial charge in [-0.25, -0.2) is 8.42 Å². The predicted molar refractivity (Wildman–Crippen MR) is 104 cm³/mol. The van der Waals surface area contributed by atoms with Crippen LogP contribution in [-0.2, 0) is 21.4 Å². The van der Waals surface area contributed by atoms with Gasteiger partial charge in [0.1, 0.15) is 0 Å². The maximum absolute atomic E-state index is 13.3. The Kier molecular flexibility index (Phi) is 4.82. The highest BCUT2D eigenvalue weighted by molar-refractivity contribution is 7.89. The molecule has 1 aromatic carbocycles. The van der Waals surface area contributed by atoms with Gasteiger partial charge in [0.15, 0.2) is 0 Å². The molecular formula is C20H25N3O3S. The lowest BCUT2D eigenvalue weighted by molar-refractivity contribution is -0.117. The molecule has 27 heavy (non-hydrogen) atoms. The van der Waals surface area contributed by atoms with Crippen LogP contribution in [-0.4, -0.2) is 36.3 Å². The van der Waals surface area contributed by atoms with Gasteiger partial charge in [-0.3, -0.25) is 4.79 Å². The summed E-state index contributed by atoms with van der Waals surface area (Å²) in [6.45, 7) is 3.92. The Morgan fingerprint density at radius 1 is 1.07 bits per heavy atom. The van der Waals surface area contributed by atoms with Gasteiger partial charge in [-0.05, 0) is 49.2 Å². The van der Waals surface area contributed by atoms with Crippen molar-refractivity contribution in [3.8, 4) is 0 Å². The molecule has 2 aliphatic heterocycles. The van der Waals surface area contributed by atoms with Crippen LogP contribution in [0.2, 0.25) is 0 Å². The number of nitrogens with zero attached hydrogens (tertiary/aromatic N) is 3. The van der Waals surface area contributed by atoms with Gasteiger partial charge in [0.25, 0.3) is 0 Å². The first kappa shape index (κ1) is 18.3. The number of anilines is 1. The average molecular weight is 388 g/mol. The summed E-state index contributed by atoms with van der Waals surface area (Å²) in [5, 5.41) is 0. The standard InChI is InChI=1S/C20H25N3O3S/c1-2-5-19-18-6-3-12-21(18)14-15-23(19)27(25,26)17-10-8-16(9-11-17)22-13-4-7-20(22)24/h3,6,8-12,19H,2,4-5,7,13-15H2,1H3. The summed E-state index contributed by atoms with van der Waals surface area (Å²) < 4.78 is 30.5. The molecule has 7 heteroatoms. The van der Waals surface area contributed by atoms with Crippen LogP contribution in [0.25, 0.3) is 0 Å². The van der Waals surface area contributed by atoms with E-state index in [0.717, 1.165) is 30.6 Å². The zero-order valence-corrected chi connectivity index (χ0v) is 16.4. The fraction of sp³-hybridized carbons (Fsp3) is 0.450. The minimum atomic E-state index is -3.59. The molecule has 0 bridgehead atoms. The minimum absolute atomic E-state index is 0.102. The van der Waals surface area contributed by atoms with Gasteiger partial charge in [-0.15, -0.1) is 0 Å². The first-order valence-corrected chi connectivity index (χ1v) is 11.0. The Morgan fingerprint density at radius 3 is 2.52 bits per heavy atom. The molecule has 1 aromatic heterocycles. The molecule has 2 aliphatic rings. The number of aromatic nitrogens is 1. The second-order valence-electron chi connectivity index (χ2n) is 7.19. The third kappa shape index (κ3) is 3.19. The number of carbonyl (C=O) groups is 1. The van der Waals surface area contributed by atoms with E-state index in [4.69, 9.17) is 0 Å². The summed E-state index contributed by atoms with van der Waals surface area (Å²) >= 11 is 0. The molecule has 1 saturated heterocycles. The summed E-state index contributed by atoms with van der Waals surface area (Å²) in [7, 11) is -3.59. The van der Waals surface area contributed by atoms with Crippen LogP contribution in [0, 0.1) is 0 Å². The first-order valence-electron chi connectivity index (χ1n) is 9.59. The smallest absolute Gasteiger partial charge is 0.243 e. The Labute approximate surface area is 160 Å². The topological polar surface area (TPSA) is 62.6 Å². The van der Waals surface area contributed by atoms with Crippen molar-refractivity contribution in [2.24, 2.45) is 0 Å². The SMILES string of the molecule is CCCC1c2cccn2CCN1S(=O)(=O)c1ccc(N2CCCC2=O)cc1. The van der Waals surface area contributed by atoms with Crippen LogP contribution in [0.4, 0.5) is 5.69 Å². The van der Waals surface area contributed by atoms with Crippen LogP contribution in [0.1, 0.15) is 44.3 Å². The molecule has 0 radical (unpaired) electrons. The molecule has 0 saturated carbocycles. The maximum atomic E-state index is 13.3. The lowest BCUT2D eigenvalue weighted by Gasteiger charge is -2.36. The zero-order chi connectivity index (χ0) is 19.0. The molecule has 4 rings (SSSR count). The van der Waals surface area contributed by atoms with Crippen molar-refractivity contribution in [3.63, 3.8) is 0 Å². The van der Waals surface area contributed by atoms with E-state index < -0.39 is 10.0 Å². The average Bonchev–Trinajstić information content (AvgIpc) is 3.31. The Hall–Kier alpha value is -2.12. The monoisotopic (exact) mass is 387 g/mol. The molecule has 2 aromatic rings. The molecule has 144 valence electrons. The Morgan fingerprint density at radius 2 is 1.85 bits per heavy atom. The number of sulfonamides is 1. The molecule has 0 aliphatic carbocycles. The van der Waals surface area contributed by atoms with E-state index in [9.17, 15) is 13.2 Å². The van der Waals surface area contributed by atoms with Crippen molar-refractivity contribution in [3.05, 3.63) is 48.3 Å². The normalized spacial score (nSPS) is 20.9. The fourth-order valence-electron chi connectivity index (χ4n) is 4.15. The molecule has 1 fully saturated rings. The van der Waals surface area contributed by atoms with Crippen LogP contribution in [0.15, 0.2) is 47.5 Å². The van der Waals surface area contributed by atoms with Crippen LogP contribution >= 0.6 is 0 Å². The van der Waals surface area contributed by atoms with Crippen LogP contribution < -0.4 is 4.90 Å². The number of amides is 1. The Bertz CT molecular complexity index is 934. The minimum Gasteiger partial charge on any atom is -0.349 e. The van der Waals surface area contributed by atoms with Gasteiger partial charge >= 0.3 is 0 Å². The highest BCUT2D eigenvalue weighted by atomic mass is 32.2. The van der Waals surface area contributed by atoms with Gasteiger partial charge < -0.3 is 9.47 Å². The quantitative estimate of drug-likeness (QED) is 0.792. The van der Waals surface area contributed by atoms with Crippen molar-refractivity contribution in [1.29, 1.82) is 0 Å². The second-order valence-corrected chi connectivity index (χ2v) is 9.08. The van der Waals surface area contributed by atoms with Gasteiger partial charge in [0, 0.05) is 43.6 Å². The zero-order valence-electron chi connectivity index (χ0n) is 15.5. The van der Waals surface area contributed by atoms with Crippen LogP contribution in [0.5, 0.6) is 0 Å². The van der Waals surface area contributed by atoms with Crippen molar-refractivity contribution < 1.29 is 13.2 Å². The molecule has 1 atom stereocenters. The van der Waals surface area contributed by atoms with E-state index in [1.54, 1.807) is 33.5 Å². The molecule has 1 unspecified atom stereocenters. The number of benzene rings is 1. The summed E-state index contributed by atoms with van der Waals surface area (Å²) in [6.07, 6.45) is 5.14. The highest BCUT2D eigenvalue weighted by Gasteiger charge is 2.36. The number of rotatable bonds is 5. The lowest BCUT2D eigenvalue weighted by Crippen LogP contribution is -2.41. The molecule has 0 spiro atoms. The van der Waals surface area contributed by atoms with Crippen LogP contribution in [0.3, 0.4) is 0 Å². The predicted octanol–water partition coefficient (Wildman–Crippen LogP) is 3.16. The van der Waals surface area contributed by atoms with E-state index in [1.165, 1.54) is 0 Å². The van der Waals surface area contributed by atoms with E-state index in [1.807, 2.05) is 18.3 Å². The summed E-state index contributed by atoms with van der Waals surface area (Å²) in [5.74, 6) is 0.102. The number of fused-ring (bicyclic) bond motifs is 1. The number of hydrogen-bond donors (Lipinski definition) is 0. The number of carbonyl (C=O) groups excluding carboxylic acids is 1. The van der Waals surface area contributed by atoms with Gasteiger partial charge in [-0.1, -0.05) is 13.3 Å². The largest absolute Gasteiger partial charge is 0.349 e. The molecule has 1 amide bonds. The highest BCUT2D eigenvalue weighted by Crippen LogP contribution is 2.35. The third-order valence-electron chi connectivity index (χ3n) is 5.51. The van der Waals surface area contributed by atoms with Crippen molar-refractivity contribution in [1.82, 2.24) is 8.87 Å². The molecule has 0 N–H and O–H groups in total. The van der Waals surface area contributed by atoms with Crippen molar-refractivity contribution >= 4 is 21.6 Å². The Balaban J connectivity index is 1.63. The molecule has 3 heterocycles. The third-order valence-corrected chi connectivity index (χ3v) is 7.43.